The van der Waals surface area contributed by atoms with Crippen molar-refractivity contribution in [2.75, 3.05) is 19.8 Å². The van der Waals surface area contributed by atoms with E-state index in [4.69, 9.17) is 14.6 Å². The van der Waals surface area contributed by atoms with Crippen molar-refractivity contribution < 1.29 is 14.6 Å². The summed E-state index contributed by atoms with van der Waals surface area (Å²) < 4.78 is 11.3. The van der Waals surface area contributed by atoms with Crippen molar-refractivity contribution in [1.29, 1.82) is 0 Å². The van der Waals surface area contributed by atoms with E-state index in [0.29, 0.717) is 5.92 Å². The first-order valence-electron chi connectivity index (χ1n) is 6.74. The van der Waals surface area contributed by atoms with Gasteiger partial charge in [-0.3, -0.25) is 0 Å². The van der Waals surface area contributed by atoms with Crippen LogP contribution in [0.3, 0.4) is 0 Å². The highest BCUT2D eigenvalue weighted by Gasteiger charge is 2.15. The molecule has 1 unspecified atom stereocenters. The van der Waals surface area contributed by atoms with E-state index in [1.165, 1.54) is 6.42 Å². The quantitative estimate of drug-likeness (QED) is 0.698. The van der Waals surface area contributed by atoms with Crippen LogP contribution in [-0.2, 0) is 9.47 Å². The highest BCUT2D eigenvalue weighted by atomic mass is 16.7. The molecule has 0 bridgehead atoms. The lowest BCUT2D eigenvalue weighted by molar-refractivity contribution is -0.168. The first kappa shape index (κ1) is 14.7. The summed E-state index contributed by atoms with van der Waals surface area (Å²) in [5.41, 5.74) is 1.12. The van der Waals surface area contributed by atoms with Crippen LogP contribution in [0.25, 0.3) is 0 Å². The van der Waals surface area contributed by atoms with Crippen molar-refractivity contribution in [3.05, 3.63) is 11.6 Å². The SMILES string of the molecule is C/C=C(/CO)CC[C@@H](C)COC1CCCCO1. The lowest BCUT2D eigenvalue weighted by atomic mass is 10.0. The van der Waals surface area contributed by atoms with Gasteiger partial charge < -0.3 is 14.6 Å². The third kappa shape index (κ3) is 6.20. The van der Waals surface area contributed by atoms with Crippen LogP contribution in [0.1, 0.15) is 46.0 Å². The second-order valence-corrected chi connectivity index (χ2v) is 4.88. The topological polar surface area (TPSA) is 38.7 Å². The fraction of sp³-hybridized carbons (Fsp3) is 0.857. The van der Waals surface area contributed by atoms with Gasteiger partial charge in [0.2, 0.25) is 0 Å². The van der Waals surface area contributed by atoms with Crippen LogP contribution < -0.4 is 0 Å². The molecule has 1 aliphatic heterocycles. The van der Waals surface area contributed by atoms with E-state index < -0.39 is 0 Å². The maximum atomic E-state index is 9.05. The zero-order valence-electron chi connectivity index (χ0n) is 11.2. The second-order valence-electron chi connectivity index (χ2n) is 4.88. The van der Waals surface area contributed by atoms with Crippen LogP contribution >= 0.6 is 0 Å². The number of allylic oxidation sites excluding steroid dienone is 1. The molecule has 0 radical (unpaired) electrons. The van der Waals surface area contributed by atoms with Crippen LogP contribution in [0.15, 0.2) is 11.6 Å². The molecule has 1 saturated heterocycles. The van der Waals surface area contributed by atoms with E-state index in [2.05, 4.69) is 6.92 Å². The van der Waals surface area contributed by atoms with Crippen molar-refractivity contribution in [2.45, 2.75) is 52.2 Å². The number of rotatable bonds is 7. The Kier molecular flexibility index (Phi) is 7.49. The molecule has 0 saturated carbocycles. The molecule has 2 atom stereocenters. The highest BCUT2D eigenvalue weighted by Crippen LogP contribution is 2.17. The van der Waals surface area contributed by atoms with Gasteiger partial charge in [0.15, 0.2) is 6.29 Å². The van der Waals surface area contributed by atoms with Crippen molar-refractivity contribution >= 4 is 0 Å². The summed E-state index contributed by atoms with van der Waals surface area (Å²) in [6.07, 6.45) is 7.45. The van der Waals surface area contributed by atoms with Crippen molar-refractivity contribution in [2.24, 2.45) is 5.92 Å². The third-order valence-electron chi connectivity index (χ3n) is 3.27. The Hall–Kier alpha value is -0.380. The average molecular weight is 242 g/mol. The van der Waals surface area contributed by atoms with E-state index in [1.807, 2.05) is 13.0 Å². The van der Waals surface area contributed by atoms with Gasteiger partial charge in [0.25, 0.3) is 0 Å². The van der Waals surface area contributed by atoms with E-state index in [-0.39, 0.29) is 12.9 Å². The van der Waals surface area contributed by atoms with Crippen LogP contribution in [0.5, 0.6) is 0 Å². The van der Waals surface area contributed by atoms with Crippen LogP contribution in [0.4, 0.5) is 0 Å². The molecule has 100 valence electrons. The summed E-state index contributed by atoms with van der Waals surface area (Å²) in [7, 11) is 0. The van der Waals surface area contributed by atoms with Crippen molar-refractivity contribution in [1.82, 2.24) is 0 Å². The number of hydrogen-bond acceptors (Lipinski definition) is 3. The van der Waals surface area contributed by atoms with E-state index >= 15 is 0 Å². The molecular formula is C14H26O3. The molecule has 0 aromatic heterocycles. The third-order valence-corrected chi connectivity index (χ3v) is 3.27. The summed E-state index contributed by atoms with van der Waals surface area (Å²) in [6, 6.07) is 0. The van der Waals surface area contributed by atoms with Crippen LogP contribution in [-0.4, -0.2) is 31.2 Å². The van der Waals surface area contributed by atoms with Gasteiger partial charge in [-0.05, 0) is 50.5 Å². The summed E-state index contributed by atoms with van der Waals surface area (Å²) >= 11 is 0. The van der Waals surface area contributed by atoms with Gasteiger partial charge in [-0.1, -0.05) is 13.0 Å². The lowest BCUT2D eigenvalue weighted by Crippen LogP contribution is -2.24. The summed E-state index contributed by atoms with van der Waals surface area (Å²) in [5, 5.41) is 9.05. The number of aliphatic hydroxyl groups is 1. The Bertz CT molecular complexity index is 220. The number of aliphatic hydroxyl groups excluding tert-OH is 1. The lowest BCUT2D eigenvalue weighted by Gasteiger charge is -2.24. The monoisotopic (exact) mass is 242 g/mol. The molecule has 1 aliphatic rings. The Balaban J connectivity index is 2.09. The zero-order valence-corrected chi connectivity index (χ0v) is 11.2. The van der Waals surface area contributed by atoms with Crippen molar-refractivity contribution in [3.63, 3.8) is 0 Å². The minimum atomic E-state index is 0.0187. The molecule has 0 aliphatic carbocycles. The van der Waals surface area contributed by atoms with Crippen LogP contribution in [0, 0.1) is 5.92 Å². The molecule has 17 heavy (non-hydrogen) atoms. The first-order chi connectivity index (χ1) is 8.26. The van der Waals surface area contributed by atoms with Gasteiger partial charge in [0.05, 0.1) is 13.2 Å². The van der Waals surface area contributed by atoms with Gasteiger partial charge in [0.1, 0.15) is 0 Å². The average Bonchev–Trinajstić information content (AvgIpc) is 2.39. The fourth-order valence-corrected chi connectivity index (χ4v) is 1.94. The molecule has 0 spiro atoms. The summed E-state index contributed by atoms with van der Waals surface area (Å²) in [4.78, 5) is 0. The Morgan fingerprint density at radius 1 is 1.53 bits per heavy atom. The molecule has 1 N–H and O–H groups in total. The molecule has 0 amide bonds. The predicted molar refractivity (Wildman–Crippen MR) is 68.8 cm³/mol. The Labute approximate surface area is 105 Å². The van der Waals surface area contributed by atoms with Gasteiger partial charge in [-0.2, -0.15) is 0 Å². The summed E-state index contributed by atoms with van der Waals surface area (Å²) in [6.45, 7) is 5.94. The Morgan fingerprint density at radius 2 is 2.35 bits per heavy atom. The first-order valence-corrected chi connectivity index (χ1v) is 6.74. The standard InChI is InChI=1S/C14H26O3/c1-3-13(10-15)8-7-12(2)11-17-14-6-4-5-9-16-14/h3,12,14-15H,4-11H2,1-2H3/b13-3+/t12-,14?/m1/s1. The fourth-order valence-electron chi connectivity index (χ4n) is 1.94. The maximum absolute atomic E-state index is 9.05. The smallest absolute Gasteiger partial charge is 0.157 e. The van der Waals surface area contributed by atoms with Gasteiger partial charge in [-0.15, -0.1) is 0 Å². The van der Waals surface area contributed by atoms with Gasteiger partial charge in [-0.25, -0.2) is 0 Å². The molecule has 0 aromatic carbocycles. The summed E-state index contributed by atoms with van der Waals surface area (Å²) in [5.74, 6) is 0.516. The molecule has 0 aromatic rings. The predicted octanol–water partition coefficient (Wildman–Crippen LogP) is 2.88. The Morgan fingerprint density at radius 3 is 2.94 bits per heavy atom. The van der Waals surface area contributed by atoms with E-state index in [9.17, 15) is 0 Å². The molecule has 3 nitrogen and oxygen atoms in total. The minimum Gasteiger partial charge on any atom is -0.392 e. The molecular weight excluding hydrogens is 216 g/mol. The van der Waals surface area contributed by atoms with Crippen LogP contribution in [0.2, 0.25) is 0 Å². The number of hydrogen-bond donors (Lipinski definition) is 1. The van der Waals surface area contributed by atoms with Gasteiger partial charge in [0, 0.05) is 6.61 Å². The highest BCUT2D eigenvalue weighted by molar-refractivity contribution is 4.99. The van der Waals surface area contributed by atoms with E-state index in [0.717, 1.165) is 44.5 Å². The second kappa shape index (κ2) is 8.67. The minimum absolute atomic E-state index is 0.0187. The molecule has 3 heteroatoms. The molecule has 1 fully saturated rings. The van der Waals surface area contributed by atoms with Gasteiger partial charge >= 0.3 is 0 Å². The van der Waals surface area contributed by atoms with E-state index in [1.54, 1.807) is 0 Å². The molecule has 1 heterocycles. The zero-order chi connectivity index (χ0) is 12.5. The maximum Gasteiger partial charge on any atom is 0.157 e. The number of ether oxygens (including phenoxy) is 2. The molecule has 1 rings (SSSR count). The normalized spacial score (nSPS) is 23.7. The van der Waals surface area contributed by atoms with Crippen molar-refractivity contribution in [3.8, 4) is 0 Å². The largest absolute Gasteiger partial charge is 0.392 e.